The van der Waals surface area contributed by atoms with Gasteiger partial charge in [-0.3, -0.25) is 9.59 Å². The molecule has 0 saturated carbocycles. The van der Waals surface area contributed by atoms with Crippen LogP contribution in [0, 0.1) is 0 Å². The van der Waals surface area contributed by atoms with Gasteiger partial charge in [-0.1, -0.05) is 60.7 Å². The Bertz CT molecular complexity index is 1180. The van der Waals surface area contributed by atoms with E-state index in [0.717, 1.165) is 16.9 Å². The van der Waals surface area contributed by atoms with Crippen LogP contribution in [0.15, 0.2) is 102 Å². The Morgan fingerprint density at radius 1 is 0.767 bits per heavy atom. The molecule has 0 fully saturated rings. The van der Waals surface area contributed by atoms with Gasteiger partial charge in [0.05, 0.1) is 0 Å². The van der Waals surface area contributed by atoms with Crippen molar-refractivity contribution in [3.63, 3.8) is 0 Å². The lowest BCUT2D eigenvalue weighted by molar-refractivity contribution is 0.0949. The first-order valence-electron chi connectivity index (χ1n) is 9.58. The minimum absolute atomic E-state index is 0.0821. The van der Waals surface area contributed by atoms with Crippen LogP contribution in [0.4, 0.5) is 0 Å². The predicted octanol–water partition coefficient (Wildman–Crippen LogP) is 4.76. The van der Waals surface area contributed by atoms with Crippen molar-refractivity contribution in [3.8, 4) is 22.8 Å². The summed E-state index contributed by atoms with van der Waals surface area (Å²) in [5, 5.41) is 2.78. The largest absolute Gasteiger partial charge is 0.457 e. The van der Waals surface area contributed by atoms with Crippen molar-refractivity contribution in [2.75, 3.05) is 0 Å². The Morgan fingerprint density at radius 3 is 2.07 bits per heavy atom. The van der Waals surface area contributed by atoms with Crippen molar-refractivity contribution >= 4 is 5.91 Å². The van der Waals surface area contributed by atoms with Gasteiger partial charge >= 0.3 is 0 Å². The normalized spacial score (nSPS) is 10.4. The van der Waals surface area contributed by atoms with Gasteiger partial charge in [-0.05, 0) is 47.5 Å². The van der Waals surface area contributed by atoms with Gasteiger partial charge in [0, 0.05) is 12.2 Å². The maximum atomic E-state index is 12.4. The predicted molar refractivity (Wildman–Crippen MR) is 117 cm³/mol. The van der Waals surface area contributed by atoms with Crippen molar-refractivity contribution in [1.29, 1.82) is 0 Å². The maximum absolute atomic E-state index is 12.4. The Balaban J connectivity index is 1.38. The summed E-state index contributed by atoms with van der Waals surface area (Å²) in [5.74, 6) is 1.06. The molecule has 0 aliphatic carbocycles. The molecule has 1 amide bonds. The van der Waals surface area contributed by atoms with Gasteiger partial charge in [0.25, 0.3) is 11.5 Å². The number of ether oxygens (including phenoxy) is 1. The first-order chi connectivity index (χ1) is 14.7. The summed E-state index contributed by atoms with van der Waals surface area (Å²) in [5.41, 5.74) is 2.13. The van der Waals surface area contributed by atoms with Gasteiger partial charge in [-0.25, -0.2) is 0 Å². The van der Waals surface area contributed by atoms with Gasteiger partial charge in [0.15, 0.2) is 0 Å². The van der Waals surface area contributed by atoms with Crippen LogP contribution in [0.25, 0.3) is 11.3 Å². The molecule has 3 aromatic carbocycles. The summed E-state index contributed by atoms with van der Waals surface area (Å²) in [6.45, 7) is 0.310. The fourth-order valence-electron chi connectivity index (χ4n) is 3.02. The molecule has 0 unspecified atom stereocenters. The lowest BCUT2D eigenvalue weighted by Crippen LogP contribution is -2.29. The third-order valence-corrected chi connectivity index (χ3v) is 4.59. The SMILES string of the molecule is O=C(NCc1ccc(Oc2ccccc2)cc1)c1ccc(-c2ccccc2)[nH]c1=O. The second kappa shape index (κ2) is 8.92. The molecule has 0 spiro atoms. The summed E-state index contributed by atoms with van der Waals surface area (Å²) in [4.78, 5) is 27.6. The number of nitrogens with one attached hydrogen (secondary N) is 2. The van der Waals surface area contributed by atoms with Crippen molar-refractivity contribution in [2.45, 2.75) is 6.54 Å². The van der Waals surface area contributed by atoms with Crippen LogP contribution >= 0.6 is 0 Å². The molecule has 0 aliphatic rings. The van der Waals surface area contributed by atoms with Gasteiger partial charge in [-0.2, -0.15) is 0 Å². The lowest BCUT2D eigenvalue weighted by atomic mass is 10.1. The first-order valence-corrected chi connectivity index (χ1v) is 9.58. The average molecular weight is 396 g/mol. The van der Waals surface area contributed by atoms with Gasteiger partial charge in [0.1, 0.15) is 17.1 Å². The second-order valence-electron chi connectivity index (χ2n) is 6.72. The highest BCUT2D eigenvalue weighted by Gasteiger charge is 2.11. The molecule has 148 valence electrons. The van der Waals surface area contributed by atoms with Crippen molar-refractivity contribution < 1.29 is 9.53 Å². The first kappa shape index (κ1) is 19.2. The van der Waals surface area contributed by atoms with Crippen molar-refractivity contribution in [3.05, 3.63) is 119 Å². The van der Waals surface area contributed by atoms with E-state index in [4.69, 9.17) is 4.74 Å². The highest BCUT2D eigenvalue weighted by molar-refractivity contribution is 5.94. The number of aromatic nitrogens is 1. The molecule has 5 nitrogen and oxygen atoms in total. The fourth-order valence-corrected chi connectivity index (χ4v) is 3.02. The van der Waals surface area contributed by atoms with E-state index in [9.17, 15) is 9.59 Å². The highest BCUT2D eigenvalue weighted by atomic mass is 16.5. The van der Waals surface area contributed by atoms with Crippen LogP contribution in [-0.4, -0.2) is 10.9 Å². The number of benzene rings is 3. The van der Waals surface area contributed by atoms with E-state index in [2.05, 4.69) is 10.3 Å². The molecule has 4 aromatic rings. The Morgan fingerprint density at radius 2 is 1.40 bits per heavy atom. The van der Waals surface area contributed by atoms with Gasteiger partial charge in [0.2, 0.25) is 0 Å². The fraction of sp³-hybridized carbons (Fsp3) is 0.0400. The smallest absolute Gasteiger partial charge is 0.261 e. The zero-order valence-corrected chi connectivity index (χ0v) is 16.2. The number of pyridine rings is 1. The zero-order valence-electron chi connectivity index (χ0n) is 16.2. The number of amides is 1. The molecular weight excluding hydrogens is 376 g/mol. The number of carbonyl (C=O) groups excluding carboxylic acids is 1. The molecule has 0 saturated heterocycles. The number of H-pyrrole nitrogens is 1. The Labute approximate surface area is 174 Å². The van der Waals surface area contributed by atoms with Crippen LogP contribution in [0.5, 0.6) is 11.5 Å². The highest BCUT2D eigenvalue weighted by Crippen LogP contribution is 2.21. The van der Waals surface area contributed by atoms with Crippen LogP contribution in [0.3, 0.4) is 0 Å². The summed E-state index contributed by atoms with van der Waals surface area (Å²) in [6, 6.07) is 29.7. The molecule has 1 heterocycles. The number of carbonyl (C=O) groups is 1. The summed E-state index contributed by atoms with van der Waals surface area (Å²) in [7, 11) is 0. The molecule has 1 aromatic heterocycles. The standard InChI is InChI=1S/C25H20N2O3/c28-24(22-15-16-23(27-25(22)29)19-7-3-1-4-8-19)26-17-18-11-13-21(14-12-18)30-20-9-5-2-6-10-20/h1-16H,17H2,(H,26,28)(H,27,29). The van der Waals surface area contributed by atoms with E-state index in [1.807, 2.05) is 84.9 Å². The molecular formula is C25H20N2O3. The zero-order chi connectivity index (χ0) is 20.8. The molecule has 4 rings (SSSR count). The molecule has 0 bridgehead atoms. The van der Waals surface area contributed by atoms with E-state index in [0.29, 0.717) is 18.0 Å². The van der Waals surface area contributed by atoms with E-state index in [1.54, 1.807) is 12.1 Å². The van der Waals surface area contributed by atoms with E-state index in [-0.39, 0.29) is 5.56 Å². The molecule has 0 atom stereocenters. The Kier molecular flexibility index (Phi) is 5.71. The molecule has 5 heteroatoms. The van der Waals surface area contributed by atoms with E-state index in [1.165, 1.54) is 0 Å². The third kappa shape index (κ3) is 4.64. The molecule has 0 radical (unpaired) electrons. The quantitative estimate of drug-likeness (QED) is 0.493. The number of hydrogen-bond donors (Lipinski definition) is 2. The number of rotatable bonds is 6. The molecule has 0 aliphatic heterocycles. The monoisotopic (exact) mass is 396 g/mol. The van der Waals surface area contributed by atoms with Crippen LogP contribution in [-0.2, 0) is 6.54 Å². The van der Waals surface area contributed by atoms with Crippen molar-refractivity contribution in [2.24, 2.45) is 0 Å². The van der Waals surface area contributed by atoms with E-state index >= 15 is 0 Å². The maximum Gasteiger partial charge on any atom is 0.261 e. The van der Waals surface area contributed by atoms with Crippen LogP contribution in [0.2, 0.25) is 0 Å². The lowest BCUT2D eigenvalue weighted by Gasteiger charge is -2.08. The van der Waals surface area contributed by atoms with E-state index < -0.39 is 11.5 Å². The van der Waals surface area contributed by atoms with Gasteiger partial charge in [-0.15, -0.1) is 0 Å². The number of aromatic amines is 1. The summed E-state index contributed by atoms with van der Waals surface area (Å²) in [6.07, 6.45) is 0. The van der Waals surface area contributed by atoms with Crippen LogP contribution < -0.4 is 15.6 Å². The minimum Gasteiger partial charge on any atom is -0.457 e. The average Bonchev–Trinajstić information content (AvgIpc) is 2.79. The Hall–Kier alpha value is -4.12. The second-order valence-corrected chi connectivity index (χ2v) is 6.72. The van der Waals surface area contributed by atoms with Crippen LogP contribution in [0.1, 0.15) is 15.9 Å². The third-order valence-electron chi connectivity index (χ3n) is 4.59. The number of para-hydroxylation sites is 1. The number of hydrogen-bond acceptors (Lipinski definition) is 3. The van der Waals surface area contributed by atoms with Crippen molar-refractivity contribution in [1.82, 2.24) is 10.3 Å². The minimum atomic E-state index is -0.416. The topological polar surface area (TPSA) is 71.2 Å². The molecule has 2 N–H and O–H groups in total. The summed E-state index contributed by atoms with van der Waals surface area (Å²) < 4.78 is 5.76. The summed E-state index contributed by atoms with van der Waals surface area (Å²) >= 11 is 0. The van der Waals surface area contributed by atoms with Gasteiger partial charge < -0.3 is 15.0 Å². The molecule has 30 heavy (non-hydrogen) atoms.